The number of anilines is 18. The molecule has 0 atom stereocenters. The van der Waals surface area contributed by atoms with Crippen molar-refractivity contribution < 1.29 is 0 Å². The van der Waals surface area contributed by atoms with E-state index in [9.17, 15) is 0 Å². The van der Waals surface area contributed by atoms with Gasteiger partial charge < -0.3 is 29.4 Å². The zero-order chi connectivity index (χ0) is 87.6. The first-order chi connectivity index (χ1) is 65.4. The third kappa shape index (κ3) is 16.1. The summed E-state index contributed by atoms with van der Waals surface area (Å²) in [4.78, 5) is 14.6. The third-order valence-corrected chi connectivity index (χ3v) is 29.0. The molecular formula is C126H104N6. The Kier molecular flexibility index (Phi) is 22.2. The monoisotopic (exact) mass is 1700 g/mol. The molecule has 4 aliphatic rings. The SMILES string of the molecule is c1ccc(N(c2ccccc2)c2ccc(C3CC(c4ccc(N(c5ccc(C6CC(c7ccc(N(c8ccccc8)c8ccccc8)cc7)C6)cc5)c5c6ccccc6c(N(c6ccc(C7CC(c8ccc(N(c9ccccc9)c9ccccc9)cc8)C7)cc6)c6ccc(C7CC(c8ccc(N(c9ccccc9)c9ccccc9)cc8)C7)cc6)c6ccccc56)cc4)C3)cc2)cc1. The maximum Gasteiger partial charge on any atom is 0.0619 e. The van der Waals surface area contributed by atoms with Crippen molar-refractivity contribution in [2.75, 3.05) is 29.4 Å². The van der Waals surface area contributed by atoms with Crippen LogP contribution in [-0.2, 0) is 0 Å². The van der Waals surface area contributed by atoms with Crippen molar-refractivity contribution in [1.82, 2.24) is 0 Å². The second kappa shape index (κ2) is 36.2. The van der Waals surface area contributed by atoms with Gasteiger partial charge in [0.25, 0.3) is 0 Å². The van der Waals surface area contributed by atoms with Gasteiger partial charge in [-0.25, -0.2) is 0 Å². The number of rotatable bonds is 26. The maximum absolute atomic E-state index is 2.59. The molecule has 19 aromatic rings. The zero-order valence-corrected chi connectivity index (χ0v) is 74.1. The third-order valence-electron chi connectivity index (χ3n) is 29.0. The first-order valence-electron chi connectivity index (χ1n) is 47.4. The van der Waals surface area contributed by atoms with Gasteiger partial charge in [0.2, 0.25) is 0 Å². The van der Waals surface area contributed by atoms with E-state index in [1.54, 1.807) is 0 Å². The predicted molar refractivity (Wildman–Crippen MR) is 554 cm³/mol. The minimum atomic E-state index is 0.457. The Labute approximate surface area is 776 Å². The van der Waals surface area contributed by atoms with E-state index in [0.717, 1.165) is 142 Å². The fourth-order valence-electron chi connectivity index (χ4n) is 21.6. The van der Waals surface area contributed by atoms with Gasteiger partial charge >= 0.3 is 0 Å². The first kappa shape index (κ1) is 81.0. The van der Waals surface area contributed by atoms with E-state index in [2.05, 4.69) is 515 Å². The number of para-hydroxylation sites is 8. The molecule has 0 bridgehead atoms. The van der Waals surface area contributed by atoms with Crippen LogP contribution in [0.25, 0.3) is 21.5 Å². The summed E-state index contributed by atoms with van der Waals surface area (Å²) in [5.74, 6) is 3.79. The van der Waals surface area contributed by atoms with Crippen molar-refractivity contribution >= 4 is 124 Å². The zero-order valence-electron chi connectivity index (χ0n) is 74.1. The minimum absolute atomic E-state index is 0.457. The van der Waals surface area contributed by atoms with Crippen molar-refractivity contribution in [2.45, 2.75) is 98.7 Å². The lowest BCUT2D eigenvalue weighted by Crippen LogP contribution is -2.21. The van der Waals surface area contributed by atoms with E-state index in [1.165, 1.54) is 77.4 Å². The van der Waals surface area contributed by atoms with Gasteiger partial charge in [0.15, 0.2) is 0 Å². The van der Waals surface area contributed by atoms with Crippen LogP contribution in [0.5, 0.6) is 0 Å². The number of fused-ring (bicyclic) bond motifs is 2. The molecule has 6 nitrogen and oxygen atoms in total. The van der Waals surface area contributed by atoms with Crippen molar-refractivity contribution in [1.29, 1.82) is 0 Å². The minimum Gasteiger partial charge on any atom is -0.311 e. The van der Waals surface area contributed by atoms with Crippen molar-refractivity contribution in [3.05, 3.63) is 530 Å². The van der Waals surface area contributed by atoms with E-state index in [1.807, 2.05) is 0 Å². The summed E-state index contributed by atoms with van der Waals surface area (Å²) >= 11 is 0. The Hall–Kier alpha value is -15.5. The molecule has 4 fully saturated rings. The number of nitrogens with zero attached hydrogens (tertiary/aromatic N) is 6. The molecule has 6 heteroatoms. The lowest BCUT2D eigenvalue weighted by molar-refractivity contribution is 0.351. The second-order valence-corrected chi connectivity index (χ2v) is 36.7. The highest BCUT2D eigenvalue weighted by Gasteiger charge is 2.37. The van der Waals surface area contributed by atoms with Gasteiger partial charge in [-0.2, -0.15) is 0 Å². The van der Waals surface area contributed by atoms with Gasteiger partial charge in [-0.05, 0) is 337 Å². The molecule has 0 heterocycles. The van der Waals surface area contributed by atoms with Crippen LogP contribution >= 0.6 is 0 Å². The maximum atomic E-state index is 2.59. The Balaban J connectivity index is 0.570. The van der Waals surface area contributed by atoms with E-state index in [0.29, 0.717) is 47.3 Å². The fraction of sp³-hybridized carbons (Fsp3) is 0.127. The Morgan fingerprint density at radius 3 is 0.341 bits per heavy atom. The Morgan fingerprint density at radius 1 is 0.106 bits per heavy atom. The van der Waals surface area contributed by atoms with Crippen LogP contribution in [-0.4, -0.2) is 0 Å². The molecule has 4 saturated carbocycles. The van der Waals surface area contributed by atoms with E-state index in [4.69, 9.17) is 0 Å². The first-order valence-corrected chi connectivity index (χ1v) is 47.4. The summed E-state index contributed by atoms with van der Waals surface area (Å²) in [5, 5.41) is 4.75. The smallest absolute Gasteiger partial charge is 0.0619 e. The van der Waals surface area contributed by atoms with Crippen LogP contribution in [0.1, 0.15) is 143 Å². The summed E-state index contributed by atoms with van der Waals surface area (Å²) in [6, 6.07) is 181. The van der Waals surface area contributed by atoms with Crippen LogP contribution in [0.15, 0.2) is 485 Å². The standard InChI is InChI=1S/C126H104N6/c1-9-29-105(30-10-1)127(106-31-11-2-12-32-106)113-65-49-89(50-66-113)97-81-101(82-97)93-57-73-117(74-58-93)131(118-75-59-94(60-76-118)102-83-98(84-102)90-51-67-114(68-52-90)128(107-33-13-3-14-34-107)108-35-15-4-16-36-108)125-121-45-25-27-47-123(121)126(124-48-28-26-46-122(124)125)132(119-77-61-95(62-78-119)103-85-99(86-103)91-53-69-115(70-54-91)129(109-37-17-5-18-38-109)110-39-19-6-20-40-110)120-79-63-96(64-80-120)104-87-100(88-104)92-55-71-116(72-56-92)130(111-41-21-7-22-42-111)112-43-23-8-24-44-112/h1-80,97-104H,81-88H2. The molecule has 0 N–H and O–H groups in total. The van der Waals surface area contributed by atoms with Crippen LogP contribution in [0.2, 0.25) is 0 Å². The second-order valence-electron chi connectivity index (χ2n) is 36.7. The van der Waals surface area contributed by atoms with Crippen molar-refractivity contribution in [3.63, 3.8) is 0 Å². The summed E-state index contributed by atoms with van der Waals surface area (Å²) < 4.78 is 0. The van der Waals surface area contributed by atoms with Gasteiger partial charge in [-0.1, -0.05) is 291 Å². The molecular weight excluding hydrogens is 1600 g/mol. The molecule has 0 amide bonds. The van der Waals surface area contributed by atoms with Crippen molar-refractivity contribution in [2.24, 2.45) is 0 Å². The van der Waals surface area contributed by atoms with Gasteiger partial charge in [0.1, 0.15) is 0 Å². The molecule has 0 spiro atoms. The average molecular weight is 1700 g/mol. The van der Waals surface area contributed by atoms with Gasteiger partial charge in [-0.15, -0.1) is 0 Å². The lowest BCUT2D eigenvalue weighted by atomic mass is 9.68. The fourth-order valence-corrected chi connectivity index (χ4v) is 21.6. The highest BCUT2D eigenvalue weighted by atomic mass is 15.2. The van der Waals surface area contributed by atoms with E-state index >= 15 is 0 Å². The molecule has 0 aliphatic heterocycles. The number of hydrogen-bond donors (Lipinski definition) is 0. The highest BCUT2D eigenvalue weighted by Crippen LogP contribution is 2.57. The summed E-state index contributed by atoms with van der Waals surface area (Å²) in [6.45, 7) is 0. The topological polar surface area (TPSA) is 19.4 Å². The number of hydrogen-bond acceptors (Lipinski definition) is 6. The lowest BCUT2D eigenvalue weighted by Gasteiger charge is -2.38. The molecule has 0 radical (unpaired) electrons. The average Bonchev–Trinajstić information content (AvgIpc) is 0.718. The summed E-state index contributed by atoms with van der Waals surface area (Å²) in [7, 11) is 0. The van der Waals surface area contributed by atoms with Crippen LogP contribution in [0, 0.1) is 0 Å². The molecule has 0 aromatic heterocycles. The molecule has 4 aliphatic carbocycles. The molecule has 638 valence electrons. The van der Waals surface area contributed by atoms with Gasteiger partial charge in [-0.3, -0.25) is 0 Å². The van der Waals surface area contributed by atoms with Crippen molar-refractivity contribution in [3.8, 4) is 0 Å². The van der Waals surface area contributed by atoms with Crippen LogP contribution < -0.4 is 29.4 Å². The van der Waals surface area contributed by atoms with Crippen LogP contribution in [0.4, 0.5) is 102 Å². The quantitative estimate of drug-likeness (QED) is 0.0395. The predicted octanol–water partition coefficient (Wildman–Crippen LogP) is 35.5. The molecule has 132 heavy (non-hydrogen) atoms. The summed E-state index contributed by atoms with van der Waals surface area (Å²) in [5.41, 5.74) is 31.9. The molecule has 19 aromatic carbocycles. The Bertz CT molecular complexity index is 6080. The molecule has 0 unspecified atom stereocenters. The highest BCUT2D eigenvalue weighted by molar-refractivity contribution is 6.23. The van der Waals surface area contributed by atoms with E-state index < -0.39 is 0 Å². The van der Waals surface area contributed by atoms with E-state index in [-0.39, 0.29) is 0 Å². The molecule has 0 saturated heterocycles. The van der Waals surface area contributed by atoms with Crippen LogP contribution in [0.3, 0.4) is 0 Å². The Morgan fingerprint density at radius 2 is 0.212 bits per heavy atom. The number of benzene rings is 19. The summed E-state index contributed by atoms with van der Waals surface area (Å²) in [6.07, 6.45) is 8.90. The van der Waals surface area contributed by atoms with Gasteiger partial charge in [0.05, 0.1) is 11.4 Å². The molecule has 23 rings (SSSR count). The normalized spacial score (nSPS) is 17.8. The van der Waals surface area contributed by atoms with Gasteiger partial charge in [0, 0.05) is 113 Å². The largest absolute Gasteiger partial charge is 0.311 e.